The smallest absolute Gasteiger partial charge is 0.0822 e. The standard InChI is InChI=1S/C9H18NO2/c1-12-9-4-6-10(8-9)5-2-3-7-11/h9H,2-8H2,1H3. The van der Waals surface area contributed by atoms with Gasteiger partial charge in [-0.2, -0.15) is 0 Å². The molecular weight excluding hydrogens is 154 g/mol. The number of hydrogen-bond donors (Lipinski definition) is 0. The number of likely N-dealkylation sites (tertiary alicyclic amines) is 1. The van der Waals surface area contributed by atoms with Crippen molar-refractivity contribution in [2.24, 2.45) is 0 Å². The maximum Gasteiger partial charge on any atom is 0.0822 e. The number of nitrogens with zero attached hydrogens (tertiary/aromatic N) is 1. The van der Waals surface area contributed by atoms with Gasteiger partial charge in [-0.25, -0.2) is 5.11 Å². The van der Waals surface area contributed by atoms with Crippen LogP contribution in [0.2, 0.25) is 0 Å². The molecule has 1 rings (SSSR count). The summed E-state index contributed by atoms with van der Waals surface area (Å²) < 4.78 is 5.24. The van der Waals surface area contributed by atoms with Crippen LogP contribution in [0.4, 0.5) is 0 Å². The molecule has 1 atom stereocenters. The van der Waals surface area contributed by atoms with Gasteiger partial charge in [-0.3, -0.25) is 0 Å². The quantitative estimate of drug-likeness (QED) is 0.577. The van der Waals surface area contributed by atoms with Gasteiger partial charge < -0.3 is 9.64 Å². The van der Waals surface area contributed by atoms with Gasteiger partial charge in [-0.1, -0.05) is 0 Å². The minimum absolute atomic E-state index is 0.0710. The predicted molar refractivity (Wildman–Crippen MR) is 46.6 cm³/mol. The summed E-state index contributed by atoms with van der Waals surface area (Å²) in [6.45, 7) is 3.33. The van der Waals surface area contributed by atoms with E-state index in [1.807, 2.05) is 0 Å². The van der Waals surface area contributed by atoms with E-state index in [2.05, 4.69) is 4.90 Å². The molecule has 3 nitrogen and oxygen atoms in total. The molecule has 1 saturated heterocycles. The van der Waals surface area contributed by atoms with Gasteiger partial charge in [0.25, 0.3) is 0 Å². The van der Waals surface area contributed by atoms with Crippen molar-refractivity contribution in [2.45, 2.75) is 25.4 Å². The van der Waals surface area contributed by atoms with Crippen LogP contribution in [0.3, 0.4) is 0 Å². The molecule has 0 saturated carbocycles. The summed E-state index contributed by atoms with van der Waals surface area (Å²) in [6, 6.07) is 0. The van der Waals surface area contributed by atoms with E-state index < -0.39 is 0 Å². The SMILES string of the molecule is COC1CCN(CCCC[O])C1. The fourth-order valence-corrected chi connectivity index (χ4v) is 1.63. The summed E-state index contributed by atoms with van der Waals surface area (Å²) in [5, 5.41) is 10.2. The third-order valence-electron chi connectivity index (χ3n) is 2.43. The van der Waals surface area contributed by atoms with E-state index in [1.54, 1.807) is 7.11 Å². The molecule has 71 valence electrons. The minimum atomic E-state index is 0.0710. The molecule has 0 N–H and O–H groups in total. The van der Waals surface area contributed by atoms with Crippen molar-refractivity contribution >= 4 is 0 Å². The van der Waals surface area contributed by atoms with Gasteiger partial charge >= 0.3 is 0 Å². The van der Waals surface area contributed by atoms with E-state index >= 15 is 0 Å². The fraction of sp³-hybridized carbons (Fsp3) is 1.00. The molecule has 0 aromatic carbocycles. The van der Waals surface area contributed by atoms with Crippen molar-refractivity contribution in [1.82, 2.24) is 4.90 Å². The van der Waals surface area contributed by atoms with Crippen LogP contribution in [0.15, 0.2) is 0 Å². The van der Waals surface area contributed by atoms with Gasteiger partial charge in [0.05, 0.1) is 12.7 Å². The van der Waals surface area contributed by atoms with Crippen molar-refractivity contribution in [3.8, 4) is 0 Å². The van der Waals surface area contributed by atoms with E-state index in [1.165, 1.54) is 0 Å². The molecule has 1 aliphatic heterocycles. The third-order valence-corrected chi connectivity index (χ3v) is 2.43. The van der Waals surface area contributed by atoms with Crippen molar-refractivity contribution < 1.29 is 9.84 Å². The van der Waals surface area contributed by atoms with Crippen molar-refractivity contribution in [3.63, 3.8) is 0 Å². The molecule has 0 aromatic rings. The Balaban J connectivity index is 2.03. The van der Waals surface area contributed by atoms with Crippen LogP contribution in [0, 0.1) is 0 Å². The zero-order chi connectivity index (χ0) is 8.81. The molecule has 0 amide bonds. The Morgan fingerprint density at radius 2 is 2.33 bits per heavy atom. The highest BCUT2D eigenvalue weighted by atomic mass is 16.5. The minimum Gasteiger partial charge on any atom is -0.380 e. The highest BCUT2D eigenvalue weighted by molar-refractivity contribution is 4.75. The molecular formula is C9H18NO2. The van der Waals surface area contributed by atoms with Crippen molar-refractivity contribution in [2.75, 3.05) is 33.4 Å². The Kier molecular flexibility index (Phi) is 4.58. The first-order chi connectivity index (χ1) is 5.86. The average Bonchev–Trinajstić information content (AvgIpc) is 2.53. The van der Waals surface area contributed by atoms with Crippen LogP contribution in [0.1, 0.15) is 19.3 Å². The first-order valence-electron chi connectivity index (χ1n) is 4.70. The summed E-state index contributed by atoms with van der Waals surface area (Å²) in [5.74, 6) is 0. The van der Waals surface area contributed by atoms with Gasteiger partial charge in [0.2, 0.25) is 0 Å². The first-order valence-corrected chi connectivity index (χ1v) is 4.70. The lowest BCUT2D eigenvalue weighted by molar-refractivity contribution is 0.107. The van der Waals surface area contributed by atoms with Crippen LogP contribution < -0.4 is 0 Å². The highest BCUT2D eigenvalue weighted by Gasteiger charge is 2.20. The zero-order valence-electron chi connectivity index (χ0n) is 7.79. The molecule has 1 radical (unpaired) electrons. The zero-order valence-corrected chi connectivity index (χ0v) is 7.79. The van der Waals surface area contributed by atoms with Crippen molar-refractivity contribution in [1.29, 1.82) is 0 Å². The lowest BCUT2D eigenvalue weighted by atomic mass is 10.3. The number of rotatable bonds is 5. The molecule has 0 aliphatic carbocycles. The van der Waals surface area contributed by atoms with E-state index in [9.17, 15) is 5.11 Å². The van der Waals surface area contributed by atoms with Gasteiger partial charge in [0.15, 0.2) is 0 Å². The number of unbranched alkanes of at least 4 members (excludes halogenated alkanes) is 1. The Morgan fingerprint density at radius 1 is 1.50 bits per heavy atom. The third kappa shape index (κ3) is 3.09. The number of ether oxygens (including phenoxy) is 1. The predicted octanol–water partition coefficient (Wildman–Crippen LogP) is 0.918. The van der Waals surface area contributed by atoms with Crippen LogP contribution >= 0.6 is 0 Å². The van der Waals surface area contributed by atoms with Gasteiger partial charge in [0.1, 0.15) is 0 Å². The van der Waals surface area contributed by atoms with Crippen LogP contribution in [0.5, 0.6) is 0 Å². The maximum absolute atomic E-state index is 10.2. The average molecular weight is 172 g/mol. The molecule has 3 heteroatoms. The van der Waals surface area contributed by atoms with E-state index in [0.29, 0.717) is 6.10 Å². The molecule has 1 fully saturated rings. The van der Waals surface area contributed by atoms with Crippen LogP contribution in [-0.2, 0) is 9.84 Å². The summed E-state index contributed by atoms with van der Waals surface area (Å²) in [6.07, 6.45) is 3.43. The second-order valence-corrected chi connectivity index (χ2v) is 3.36. The van der Waals surface area contributed by atoms with E-state index in [-0.39, 0.29) is 6.61 Å². The maximum atomic E-state index is 10.2. The summed E-state index contributed by atoms with van der Waals surface area (Å²) in [5.41, 5.74) is 0. The fourth-order valence-electron chi connectivity index (χ4n) is 1.63. The normalized spacial score (nSPS) is 25.0. The molecule has 1 unspecified atom stereocenters. The Labute approximate surface area is 74.3 Å². The molecule has 0 bridgehead atoms. The Morgan fingerprint density at radius 3 is 2.92 bits per heavy atom. The van der Waals surface area contributed by atoms with Gasteiger partial charge in [-0.05, 0) is 25.8 Å². The summed E-state index contributed by atoms with van der Waals surface area (Å²) in [4.78, 5) is 2.38. The van der Waals surface area contributed by atoms with Gasteiger partial charge in [0, 0.05) is 20.2 Å². The first kappa shape index (κ1) is 9.96. The highest BCUT2D eigenvalue weighted by Crippen LogP contribution is 2.11. The van der Waals surface area contributed by atoms with Gasteiger partial charge in [-0.15, -0.1) is 0 Å². The summed E-state index contributed by atoms with van der Waals surface area (Å²) in [7, 11) is 1.77. The molecule has 0 spiro atoms. The lowest BCUT2D eigenvalue weighted by Crippen LogP contribution is -2.24. The monoisotopic (exact) mass is 172 g/mol. The van der Waals surface area contributed by atoms with E-state index in [0.717, 1.165) is 38.9 Å². The molecule has 1 aliphatic rings. The second kappa shape index (κ2) is 5.51. The largest absolute Gasteiger partial charge is 0.380 e. The van der Waals surface area contributed by atoms with Crippen molar-refractivity contribution in [3.05, 3.63) is 0 Å². The molecule has 12 heavy (non-hydrogen) atoms. The van der Waals surface area contributed by atoms with Crippen LogP contribution in [-0.4, -0.2) is 44.4 Å². The molecule has 1 heterocycles. The lowest BCUT2D eigenvalue weighted by Gasteiger charge is -2.14. The summed E-state index contributed by atoms with van der Waals surface area (Å²) >= 11 is 0. The Hall–Kier alpha value is -0.120. The number of hydrogen-bond acceptors (Lipinski definition) is 2. The molecule has 0 aromatic heterocycles. The topological polar surface area (TPSA) is 32.4 Å². The van der Waals surface area contributed by atoms with E-state index in [4.69, 9.17) is 4.74 Å². The Bertz CT molecular complexity index is 119. The second-order valence-electron chi connectivity index (χ2n) is 3.36. The van der Waals surface area contributed by atoms with Crippen LogP contribution in [0.25, 0.3) is 0 Å². The number of methoxy groups -OCH3 is 1.